The van der Waals surface area contributed by atoms with Crippen LogP contribution in [0.1, 0.15) is 0 Å². The summed E-state index contributed by atoms with van der Waals surface area (Å²) in [6.07, 6.45) is 0. The first-order valence-corrected chi connectivity index (χ1v) is 0.383. The predicted molar refractivity (Wildman–Crippen MR) is 13.9 cm³/mol. The molecule has 0 rings (SSSR count). The van der Waals surface area contributed by atoms with E-state index >= 15 is 0 Å². The summed E-state index contributed by atoms with van der Waals surface area (Å²) in [5.74, 6) is 0. The molecule has 6 heteroatoms. The molecule has 0 aromatic carbocycles. The summed E-state index contributed by atoms with van der Waals surface area (Å²) in [7, 11) is 0. The van der Waals surface area contributed by atoms with Gasteiger partial charge in [0.2, 0.25) is 0 Å². The van der Waals surface area contributed by atoms with Crippen molar-refractivity contribution in [3.05, 3.63) is 0 Å². The zero-order chi connectivity index (χ0) is 4.00. The normalized spacial score (nSPS) is 2.00. The van der Waals surface area contributed by atoms with Crippen molar-refractivity contribution in [3.63, 3.8) is 0 Å². The first-order valence-electron chi connectivity index (χ1n) is 0.383. The third kappa shape index (κ3) is 262. The Morgan fingerprint density at radius 3 is 1.00 bits per heavy atom. The van der Waals surface area contributed by atoms with Crippen LogP contribution in [0.25, 0.3) is 0 Å². The van der Waals surface area contributed by atoms with Crippen molar-refractivity contribution in [2.75, 3.05) is 0 Å². The molecule has 0 aromatic rings. The van der Waals surface area contributed by atoms with E-state index in [1.165, 1.54) is 0 Å². The zero-order valence-electron chi connectivity index (χ0n) is 3.13. The minimum Gasteiger partial charge on any atom is -0.727 e. The average Bonchev–Trinajstić information content (AvgIpc) is 1.50. The Morgan fingerprint density at radius 2 is 1.00 bits per heavy atom. The van der Waals surface area contributed by atoms with Gasteiger partial charge in [-0.3, -0.25) is 10.5 Å². The standard InChI is InChI=1S/H3N.2H2O2.Tc/c;2*1-2;/h1H3;2*1-2H;. The molecule has 0 saturated carbocycles. The fraction of sp³-hybridized carbons (Fsp3) is 0. The maximum atomic E-state index is 7.25. The molecular weight excluding hydrogens is 176 g/mol. The first kappa shape index (κ1) is 31.9. The van der Waals surface area contributed by atoms with E-state index < -0.39 is 0 Å². The number of quaternary nitrogens is 1. The van der Waals surface area contributed by atoms with Crippen molar-refractivity contribution in [2.24, 2.45) is 0 Å². The van der Waals surface area contributed by atoms with Crippen molar-refractivity contribution < 1.29 is 41.1 Å². The molecule has 0 fully saturated rings. The Hall–Kier alpha value is 0.449. The number of rotatable bonds is 0. The van der Waals surface area contributed by atoms with Gasteiger partial charge in [-0.1, -0.05) is 0 Å². The smallest absolute Gasteiger partial charge is 0 e. The molecule has 0 bridgehead atoms. The van der Waals surface area contributed by atoms with Crippen molar-refractivity contribution in [1.82, 2.24) is 6.15 Å². The van der Waals surface area contributed by atoms with Crippen molar-refractivity contribution in [3.8, 4) is 0 Å². The Bertz CT molecular complexity index is 7.51. The SMILES string of the molecule is OO.[NH4+].[O-]O.[Tc]. The average molecular weight is 183 g/mol. The van der Waals surface area contributed by atoms with Crippen molar-refractivity contribution >= 4 is 0 Å². The summed E-state index contributed by atoms with van der Waals surface area (Å²) in [6.45, 7) is 0. The Kier molecular flexibility index (Phi) is 2840. The van der Waals surface area contributed by atoms with E-state index in [2.05, 4.69) is 0 Å². The molecule has 7 N–H and O–H groups in total. The Balaban J connectivity index is -0.00000000500. The topological polar surface area (TPSA) is 120 Å². The minimum absolute atomic E-state index is 0. The molecule has 0 aliphatic rings. The molecule has 0 unspecified atom stereocenters. The van der Waals surface area contributed by atoms with E-state index in [1.807, 2.05) is 0 Å². The third-order valence-corrected chi connectivity index (χ3v) is 0. The quantitative estimate of drug-likeness (QED) is 0.290. The molecule has 43 valence electrons. The fourth-order valence-electron chi connectivity index (χ4n) is 0. The molecule has 0 saturated heterocycles. The van der Waals surface area contributed by atoms with E-state index in [9.17, 15) is 0 Å². The van der Waals surface area contributed by atoms with Crippen LogP contribution in [0.3, 0.4) is 0 Å². The van der Waals surface area contributed by atoms with Crippen LogP contribution in [-0.4, -0.2) is 15.8 Å². The van der Waals surface area contributed by atoms with Crippen LogP contribution in [0.4, 0.5) is 0 Å². The van der Waals surface area contributed by atoms with Gasteiger partial charge in [0.15, 0.2) is 0 Å². The second-order valence-corrected chi connectivity index (χ2v) is 0. The van der Waals surface area contributed by atoms with Crippen LogP contribution in [-0.2, 0) is 20.1 Å². The minimum atomic E-state index is 0. The maximum Gasteiger partial charge on any atom is 0 e. The summed E-state index contributed by atoms with van der Waals surface area (Å²) < 4.78 is 0. The molecule has 0 atom stereocenters. The van der Waals surface area contributed by atoms with E-state index in [4.69, 9.17) is 21.0 Å². The number of hydrogen-bond acceptors (Lipinski definition) is 4. The molecule has 1 radical (unpaired) electrons. The van der Waals surface area contributed by atoms with Crippen molar-refractivity contribution in [1.29, 1.82) is 0 Å². The van der Waals surface area contributed by atoms with Gasteiger partial charge in [0.05, 0.1) is 0 Å². The van der Waals surface area contributed by atoms with Crippen LogP contribution in [0.2, 0.25) is 0 Å². The summed E-state index contributed by atoms with van der Waals surface area (Å²) in [5, 5.41) is 25.0. The monoisotopic (exact) mass is 182 g/mol. The van der Waals surface area contributed by atoms with Gasteiger partial charge in [-0.25, -0.2) is 0 Å². The molecule has 0 aliphatic heterocycles. The summed E-state index contributed by atoms with van der Waals surface area (Å²) in [4.78, 5) is 0. The molecule has 5 nitrogen and oxygen atoms in total. The molecule has 0 heterocycles. The van der Waals surface area contributed by atoms with Gasteiger partial charge in [-0.15, -0.1) is 0 Å². The van der Waals surface area contributed by atoms with Gasteiger partial charge in [0.25, 0.3) is 0 Å². The number of hydrogen-bond donors (Lipinski definition) is 4. The first-order chi connectivity index (χ1) is 2.00. The largest absolute Gasteiger partial charge is 0.727 e. The maximum absolute atomic E-state index is 7.25. The Labute approximate surface area is 48.0 Å². The van der Waals surface area contributed by atoms with Gasteiger partial charge >= 0.3 is 0 Å². The van der Waals surface area contributed by atoms with E-state index in [0.717, 1.165) is 0 Å². The summed E-state index contributed by atoms with van der Waals surface area (Å²) in [5.41, 5.74) is 0. The van der Waals surface area contributed by atoms with Gasteiger partial charge in [-0.2, -0.15) is 0 Å². The van der Waals surface area contributed by atoms with Gasteiger partial charge < -0.3 is 16.7 Å². The molecule has 6 heavy (non-hydrogen) atoms. The third-order valence-electron chi connectivity index (χ3n) is 0. The van der Waals surface area contributed by atoms with E-state index in [0.29, 0.717) is 0 Å². The second kappa shape index (κ2) is 534. The molecular formula is H7NO4Tc. The van der Waals surface area contributed by atoms with Crippen LogP contribution >= 0.6 is 0 Å². The van der Waals surface area contributed by atoms with E-state index in [-0.39, 0.29) is 26.3 Å². The summed E-state index contributed by atoms with van der Waals surface area (Å²) >= 11 is 0. The van der Waals surface area contributed by atoms with Crippen molar-refractivity contribution in [2.45, 2.75) is 0 Å². The van der Waals surface area contributed by atoms with Gasteiger partial charge in [-0.05, 0) is 0 Å². The van der Waals surface area contributed by atoms with E-state index in [1.54, 1.807) is 0 Å². The predicted octanol–water partition coefficient (Wildman–Crippen LogP) is -0.789. The molecule has 0 aromatic heterocycles. The van der Waals surface area contributed by atoms with Crippen LogP contribution in [0, 0.1) is 0 Å². The molecule has 0 amide bonds. The molecule has 0 aliphatic carbocycles. The van der Waals surface area contributed by atoms with Gasteiger partial charge in [0.1, 0.15) is 0 Å². The van der Waals surface area contributed by atoms with Gasteiger partial charge in [0, 0.05) is 20.1 Å². The van der Waals surface area contributed by atoms with Crippen LogP contribution in [0.5, 0.6) is 0 Å². The summed E-state index contributed by atoms with van der Waals surface area (Å²) in [6, 6.07) is 0. The Morgan fingerprint density at radius 1 is 1.00 bits per heavy atom. The van der Waals surface area contributed by atoms with Crippen LogP contribution in [0.15, 0.2) is 0 Å². The molecule has 0 spiro atoms. The zero-order valence-corrected chi connectivity index (χ0v) is 4.99. The fourth-order valence-corrected chi connectivity index (χ4v) is 0. The van der Waals surface area contributed by atoms with Crippen LogP contribution < -0.4 is 11.4 Å². The second-order valence-electron chi connectivity index (χ2n) is 0.